The van der Waals surface area contributed by atoms with E-state index < -0.39 is 5.92 Å². The Morgan fingerprint density at radius 1 is 1.39 bits per heavy atom. The van der Waals surface area contributed by atoms with Crippen molar-refractivity contribution < 1.29 is 14.3 Å². The molecule has 2 N–H and O–H groups in total. The molecule has 3 rings (SSSR count). The first-order valence-corrected chi connectivity index (χ1v) is 8.13. The summed E-state index contributed by atoms with van der Waals surface area (Å²) in [7, 11) is 0. The van der Waals surface area contributed by atoms with Crippen LogP contribution in [0.3, 0.4) is 0 Å². The highest BCUT2D eigenvalue weighted by Crippen LogP contribution is 2.32. The van der Waals surface area contributed by atoms with Gasteiger partial charge in [-0.3, -0.25) is 14.5 Å². The van der Waals surface area contributed by atoms with Crippen molar-refractivity contribution in [2.24, 2.45) is 0 Å². The molecule has 0 radical (unpaired) electrons. The third-order valence-electron chi connectivity index (χ3n) is 4.34. The molecule has 2 atom stereocenters. The molecule has 1 fully saturated rings. The van der Waals surface area contributed by atoms with Gasteiger partial charge in [0.1, 0.15) is 0 Å². The highest BCUT2D eigenvalue weighted by atomic mass is 16.5. The average molecular weight is 317 g/mol. The van der Waals surface area contributed by atoms with Gasteiger partial charge in [0.25, 0.3) is 0 Å². The topological polar surface area (TPSA) is 70.7 Å². The molecular weight excluding hydrogens is 294 g/mol. The number of carbonyl (C=O) groups excluding carboxylic acids is 2. The van der Waals surface area contributed by atoms with E-state index in [9.17, 15) is 9.59 Å². The first-order valence-electron chi connectivity index (χ1n) is 8.13. The Bertz CT molecular complexity index is 584. The quantitative estimate of drug-likeness (QED) is 0.867. The number of para-hydroxylation sites is 1. The van der Waals surface area contributed by atoms with Crippen LogP contribution in [0.25, 0.3) is 0 Å². The van der Waals surface area contributed by atoms with E-state index in [4.69, 9.17) is 4.74 Å². The van der Waals surface area contributed by atoms with Crippen molar-refractivity contribution in [2.75, 3.05) is 38.2 Å². The number of fused-ring (bicyclic) bond motifs is 1. The molecule has 2 aliphatic rings. The number of hydrogen-bond acceptors (Lipinski definition) is 4. The van der Waals surface area contributed by atoms with Gasteiger partial charge in [-0.25, -0.2) is 0 Å². The minimum atomic E-state index is -0.410. The molecular formula is C17H23N3O3. The Kier molecular flexibility index (Phi) is 4.93. The zero-order valence-corrected chi connectivity index (χ0v) is 13.4. The molecule has 0 saturated carbocycles. The summed E-state index contributed by atoms with van der Waals surface area (Å²) in [6.07, 6.45) is 0.202. The van der Waals surface area contributed by atoms with Gasteiger partial charge >= 0.3 is 0 Å². The number of rotatable bonds is 4. The molecule has 2 aliphatic heterocycles. The van der Waals surface area contributed by atoms with Crippen molar-refractivity contribution in [1.29, 1.82) is 0 Å². The largest absolute Gasteiger partial charge is 0.379 e. The lowest BCUT2D eigenvalue weighted by atomic mass is 9.89. The molecule has 0 spiro atoms. The molecule has 0 aliphatic carbocycles. The maximum Gasteiger partial charge on any atom is 0.228 e. The Labute approximate surface area is 136 Å². The van der Waals surface area contributed by atoms with E-state index >= 15 is 0 Å². The molecule has 2 amide bonds. The predicted molar refractivity (Wildman–Crippen MR) is 87.3 cm³/mol. The van der Waals surface area contributed by atoms with E-state index in [0.29, 0.717) is 0 Å². The normalized spacial score (nSPS) is 22.8. The SMILES string of the molecule is C[C@@H](CN1CCOCC1)NC(=O)[C@H]1CC(=O)Nc2ccccc21. The molecule has 124 valence electrons. The van der Waals surface area contributed by atoms with Crippen LogP contribution in [0.2, 0.25) is 0 Å². The maximum absolute atomic E-state index is 12.6. The zero-order valence-electron chi connectivity index (χ0n) is 13.4. The average Bonchev–Trinajstić information content (AvgIpc) is 2.54. The van der Waals surface area contributed by atoms with Crippen LogP contribution in [0, 0.1) is 0 Å². The van der Waals surface area contributed by atoms with Gasteiger partial charge in [-0.15, -0.1) is 0 Å². The third kappa shape index (κ3) is 3.89. The summed E-state index contributed by atoms with van der Waals surface area (Å²) in [4.78, 5) is 26.7. The first-order chi connectivity index (χ1) is 11.1. The summed E-state index contributed by atoms with van der Waals surface area (Å²) in [5.74, 6) is -0.593. The number of amides is 2. The minimum Gasteiger partial charge on any atom is -0.379 e. The van der Waals surface area contributed by atoms with Gasteiger partial charge in [-0.2, -0.15) is 0 Å². The van der Waals surface area contributed by atoms with Gasteiger partial charge in [0.05, 0.1) is 19.1 Å². The van der Waals surface area contributed by atoms with Crippen LogP contribution >= 0.6 is 0 Å². The van der Waals surface area contributed by atoms with Gasteiger partial charge in [0, 0.05) is 37.8 Å². The van der Waals surface area contributed by atoms with Crippen LogP contribution in [0.5, 0.6) is 0 Å². The third-order valence-corrected chi connectivity index (χ3v) is 4.34. The van der Waals surface area contributed by atoms with Crippen molar-refractivity contribution >= 4 is 17.5 Å². The van der Waals surface area contributed by atoms with Crippen LogP contribution < -0.4 is 10.6 Å². The predicted octanol–water partition coefficient (Wildman–Crippen LogP) is 0.949. The van der Waals surface area contributed by atoms with Crippen molar-refractivity contribution in [3.8, 4) is 0 Å². The van der Waals surface area contributed by atoms with Crippen LogP contribution in [0.15, 0.2) is 24.3 Å². The van der Waals surface area contributed by atoms with Crippen molar-refractivity contribution in [1.82, 2.24) is 10.2 Å². The molecule has 0 bridgehead atoms. The lowest BCUT2D eigenvalue weighted by molar-refractivity contribution is -0.127. The first kappa shape index (κ1) is 16.0. The number of nitrogens with one attached hydrogen (secondary N) is 2. The fourth-order valence-electron chi connectivity index (χ4n) is 3.21. The summed E-state index contributed by atoms with van der Waals surface area (Å²) in [5, 5.41) is 5.88. The van der Waals surface area contributed by atoms with Gasteiger partial charge in [-0.05, 0) is 18.6 Å². The standard InChI is InChI=1S/C17H23N3O3/c1-12(11-20-6-8-23-9-7-20)18-17(22)14-10-16(21)19-15-5-3-2-4-13(14)15/h2-5,12,14H,6-11H2,1H3,(H,18,22)(H,19,21)/t12-,14-/m0/s1. The Balaban J connectivity index is 1.62. The van der Waals surface area contributed by atoms with Crippen molar-refractivity contribution in [2.45, 2.75) is 25.3 Å². The van der Waals surface area contributed by atoms with Crippen LogP contribution in [-0.4, -0.2) is 55.6 Å². The van der Waals surface area contributed by atoms with Crippen LogP contribution in [-0.2, 0) is 14.3 Å². The smallest absolute Gasteiger partial charge is 0.228 e. The number of benzene rings is 1. The highest BCUT2D eigenvalue weighted by Gasteiger charge is 2.31. The molecule has 0 unspecified atom stereocenters. The Morgan fingerprint density at radius 2 is 2.13 bits per heavy atom. The summed E-state index contributed by atoms with van der Waals surface area (Å²) in [6, 6.07) is 7.54. The van der Waals surface area contributed by atoms with Gasteiger partial charge in [-0.1, -0.05) is 18.2 Å². The van der Waals surface area contributed by atoms with Gasteiger partial charge in [0.2, 0.25) is 11.8 Å². The van der Waals surface area contributed by atoms with E-state index in [1.165, 1.54) is 0 Å². The molecule has 0 aromatic heterocycles. The van der Waals surface area contributed by atoms with Crippen LogP contribution in [0.4, 0.5) is 5.69 Å². The number of hydrogen-bond donors (Lipinski definition) is 2. The van der Waals surface area contributed by atoms with E-state index in [0.717, 1.165) is 44.1 Å². The molecule has 1 aromatic carbocycles. The second-order valence-electron chi connectivity index (χ2n) is 6.21. The Morgan fingerprint density at radius 3 is 2.91 bits per heavy atom. The minimum absolute atomic E-state index is 0.0396. The van der Waals surface area contributed by atoms with Crippen molar-refractivity contribution in [3.05, 3.63) is 29.8 Å². The summed E-state index contributed by atoms with van der Waals surface area (Å²) in [5.41, 5.74) is 1.63. The van der Waals surface area contributed by atoms with E-state index in [1.54, 1.807) is 0 Å². The number of carbonyl (C=O) groups is 2. The number of morpholine rings is 1. The summed E-state index contributed by atoms with van der Waals surface area (Å²) >= 11 is 0. The summed E-state index contributed by atoms with van der Waals surface area (Å²) < 4.78 is 5.33. The van der Waals surface area contributed by atoms with E-state index in [1.807, 2.05) is 31.2 Å². The second-order valence-corrected chi connectivity index (χ2v) is 6.21. The number of nitrogens with zero attached hydrogens (tertiary/aromatic N) is 1. The number of ether oxygens (including phenoxy) is 1. The summed E-state index contributed by atoms with van der Waals surface area (Å²) in [6.45, 7) is 6.09. The van der Waals surface area contributed by atoms with E-state index in [2.05, 4.69) is 15.5 Å². The van der Waals surface area contributed by atoms with Gasteiger partial charge in [0.15, 0.2) is 0 Å². The molecule has 1 saturated heterocycles. The molecule has 6 heteroatoms. The van der Waals surface area contributed by atoms with E-state index in [-0.39, 0.29) is 24.3 Å². The highest BCUT2D eigenvalue weighted by molar-refractivity contribution is 6.01. The molecule has 23 heavy (non-hydrogen) atoms. The molecule has 2 heterocycles. The monoisotopic (exact) mass is 317 g/mol. The molecule has 1 aromatic rings. The number of anilines is 1. The Hall–Kier alpha value is -1.92. The fraction of sp³-hybridized carbons (Fsp3) is 0.529. The van der Waals surface area contributed by atoms with Crippen LogP contribution in [0.1, 0.15) is 24.8 Å². The zero-order chi connectivity index (χ0) is 16.2. The second kappa shape index (κ2) is 7.10. The lowest BCUT2D eigenvalue weighted by Gasteiger charge is -2.31. The lowest BCUT2D eigenvalue weighted by Crippen LogP contribution is -2.47. The van der Waals surface area contributed by atoms with Crippen molar-refractivity contribution in [3.63, 3.8) is 0 Å². The molecule has 6 nitrogen and oxygen atoms in total. The maximum atomic E-state index is 12.6. The fourth-order valence-corrected chi connectivity index (χ4v) is 3.21. The van der Waals surface area contributed by atoms with Gasteiger partial charge < -0.3 is 15.4 Å².